The fraction of sp³-hybridized carbons (Fsp3) is 0.207. The number of aromatic nitrogens is 2. The van der Waals surface area contributed by atoms with Gasteiger partial charge in [0.1, 0.15) is 11.8 Å². The van der Waals surface area contributed by atoms with Crippen LogP contribution in [0.2, 0.25) is 0 Å². The zero-order chi connectivity index (χ0) is 29.4. The van der Waals surface area contributed by atoms with Crippen molar-refractivity contribution in [2.24, 2.45) is 4.99 Å². The van der Waals surface area contributed by atoms with Gasteiger partial charge in [0.05, 0.1) is 33.9 Å². The first kappa shape index (κ1) is 28.2. The fourth-order valence-electron chi connectivity index (χ4n) is 4.69. The van der Waals surface area contributed by atoms with Crippen molar-refractivity contribution in [1.29, 1.82) is 0 Å². The van der Waals surface area contributed by atoms with Crippen molar-refractivity contribution >= 4 is 45.0 Å². The lowest BCUT2D eigenvalue weighted by Crippen LogP contribution is -2.40. The number of esters is 1. The van der Waals surface area contributed by atoms with E-state index in [4.69, 9.17) is 9.47 Å². The molecular formula is C29H25BrN4O6S. The Hall–Kier alpha value is -4.29. The largest absolute Gasteiger partial charge is 0.496 e. The Morgan fingerprint density at radius 2 is 1.93 bits per heavy atom. The van der Waals surface area contributed by atoms with Gasteiger partial charge in [0.15, 0.2) is 4.80 Å². The minimum atomic E-state index is -0.839. The van der Waals surface area contributed by atoms with Crippen molar-refractivity contribution in [3.05, 3.63) is 118 Å². The highest BCUT2D eigenvalue weighted by molar-refractivity contribution is 9.10. The maximum absolute atomic E-state index is 14.0. The Kier molecular flexibility index (Phi) is 7.78. The first-order valence-corrected chi connectivity index (χ1v) is 14.2. The van der Waals surface area contributed by atoms with E-state index in [0.29, 0.717) is 37.7 Å². The maximum atomic E-state index is 14.0. The molecule has 0 aliphatic carbocycles. The molecule has 0 bridgehead atoms. The zero-order valence-electron chi connectivity index (χ0n) is 22.5. The van der Waals surface area contributed by atoms with E-state index in [1.807, 2.05) is 35.0 Å². The van der Waals surface area contributed by atoms with Crippen molar-refractivity contribution < 1.29 is 19.2 Å². The summed E-state index contributed by atoms with van der Waals surface area (Å²) in [5.41, 5.74) is 2.35. The number of halogens is 1. The first-order valence-electron chi connectivity index (χ1n) is 12.6. The standard InChI is InChI=1S/C29H25BrN4O6S/c1-16(2)40-28(36)25-17(3)31-29-33(26(25)22-14-18(30)7-12-23(22)39-4)27(35)24(41-29)15-21-6-5-13-32(21)19-8-10-20(11-9-19)34(37)38/h5-16,26H,1-4H3/b24-15-/t26-/m0/s1. The van der Waals surface area contributed by atoms with Crippen LogP contribution in [0.1, 0.15) is 38.1 Å². The summed E-state index contributed by atoms with van der Waals surface area (Å²) in [5.74, 6) is -0.0565. The van der Waals surface area contributed by atoms with Crippen LogP contribution in [0.5, 0.6) is 5.75 Å². The van der Waals surface area contributed by atoms with Crippen LogP contribution in [-0.2, 0) is 9.53 Å². The van der Waals surface area contributed by atoms with Crippen LogP contribution < -0.4 is 19.6 Å². The lowest BCUT2D eigenvalue weighted by molar-refractivity contribution is -0.384. The molecule has 0 N–H and O–H groups in total. The van der Waals surface area contributed by atoms with Crippen molar-refractivity contribution in [3.63, 3.8) is 0 Å². The van der Waals surface area contributed by atoms with Gasteiger partial charge in [-0.3, -0.25) is 19.5 Å². The second kappa shape index (κ2) is 11.3. The molecule has 41 heavy (non-hydrogen) atoms. The summed E-state index contributed by atoms with van der Waals surface area (Å²) in [4.78, 5) is 43.1. The van der Waals surface area contributed by atoms with Crippen molar-refractivity contribution in [1.82, 2.24) is 9.13 Å². The summed E-state index contributed by atoms with van der Waals surface area (Å²) in [7, 11) is 1.53. The summed E-state index contributed by atoms with van der Waals surface area (Å²) < 4.78 is 15.7. The average Bonchev–Trinajstić information content (AvgIpc) is 3.51. The molecule has 0 saturated carbocycles. The minimum Gasteiger partial charge on any atom is -0.496 e. The number of thiazole rings is 1. The number of hydrogen-bond donors (Lipinski definition) is 0. The summed E-state index contributed by atoms with van der Waals surface area (Å²) in [6, 6.07) is 14.4. The van der Waals surface area contributed by atoms with Crippen LogP contribution >= 0.6 is 27.3 Å². The molecule has 0 saturated heterocycles. The summed E-state index contributed by atoms with van der Waals surface area (Å²) >= 11 is 4.71. The van der Waals surface area contributed by atoms with Crippen molar-refractivity contribution in [2.75, 3.05) is 7.11 Å². The molecule has 1 aliphatic rings. The summed E-state index contributed by atoms with van der Waals surface area (Å²) in [6.07, 6.45) is 3.18. The number of hydrogen-bond acceptors (Lipinski definition) is 8. The maximum Gasteiger partial charge on any atom is 0.338 e. The van der Waals surface area contributed by atoms with Gasteiger partial charge in [-0.2, -0.15) is 0 Å². The number of benzene rings is 2. The van der Waals surface area contributed by atoms with E-state index in [2.05, 4.69) is 20.9 Å². The van der Waals surface area contributed by atoms with E-state index >= 15 is 0 Å². The van der Waals surface area contributed by atoms with Crippen LogP contribution in [0.4, 0.5) is 5.69 Å². The Bertz CT molecular complexity index is 1880. The van der Waals surface area contributed by atoms with Gasteiger partial charge in [0, 0.05) is 39.7 Å². The van der Waals surface area contributed by atoms with E-state index in [9.17, 15) is 19.7 Å². The first-order chi connectivity index (χ1) is 19.6. The van der Waals surface area contributed by atoms with E-state index in [-0.39, 0.29) is 22.9 Å². The fourth-order valence-corrected chi connectivity index (χ4v) is 6.10. The monoisotopic (exact) mass is 636 g/mol. The molecule has 0 amide bonds. The number of nitro groups is 1. The number of non-ortho nitro benzene ring substituents is 1. The number of ether oxygens (including phenoxy) is 2. The number of carbonyl (C=O) groups is 1. The highest BCUT2D eigenvalue weighted by atomic mass is 79.9. The molecule has 1 atom stereocenters. The molecule has 1 aliphatic heterocycles. The SMILES string of the molecule is COc1ccc(Br)cc1[C@H]1C(C(=O)OC(C)C)=C(C)N=c2s/c(=C\c3cccn3-c3ccc([N+](=O)[O-])cc3)c(=O)n21. The van der Waals surface area contributed by atoms with E-state index < -0.39 is 16.9 Å². The molecule has 210 valence electrons. The molecule has 0 spiro atoms. The zero-order valence-corrected chi connectivity index (χ0v) is 24.9. The third-order valence-corrected chi connectivity index (χ3v) is 7.94. The second-order valence-corrected chi connectivity index (χ2v) is 11.4. The van der Waals surface area contributed by atoms with Gasteiger partial charge >= 0.3 is 5.97 Å². The van der Waals surface area contributed by atoms with Gasteiger partial charge in [0.2, 0.25) is 0 Å². The topological polar surface area (TPSA) is 118 Å². The van der Waals surface area contributed by atoms with Gasteiger partial charge in [-0.15, -0.1) is 0 Å². The number of fused-ring (bicyclic) bond motifs is 1. The molecule has 12 heteroatoms. The molecule has 2 aromatic heterocycles. The minimum absolute atomic E-state index is 0.0130. The van der Waals surface area contributed by atoms with E-state index in [1.54, 1.807) is 45.0 Å². The van der Waals surface area contributed by atoms with Crippen molar-refractivity contribution in [2.45, 2.75) is 32.9 Å². The normalized spacial score (nSPS) is 15.1. The summed E-state index contributed by atoms with van der Waals surface area (Å²) in [6.45, 7) is 5.25. The highest BCUT2D eigenvalue weighted by Gasteiger charge is 2.35. The quantitative estimate of drug-likeness (QED) is 0.165. The molecule has 3 heterocycles. The van der Waals surface area contributed by atoms with Crippen LogP contribution in [-0.4, -0.2) is 33.2 Å². The Morgan fingerprint density at radius 1 is 1.20 bits per heavy atom. The molecule has 4 aromatic rings. The molecule has 2 aromatic carbocycles. The third-order valence-electron chi connectivity index (χ3n) is 6.47. The smallest absolute Gasteiger partial charge is 0.338 e. The third kappa shape index (κ3) is 5.40. The van der Waals surface area contributed by atoms with Crippen LogP contribution in [0.15, 0.2) is 86.3 Å². The molecule has 0 unspecified atom stereocenters. The van der Waals surface area contributed by atoms with Gasteiger partial charge in [-0.25, -0.2) is 9.79 Å². The van der Waals surface area contributed by atoms with E-state index in [0.717, 1.165) is 4.47 Å². The predicted octanol–water partition coefficient (Wildman–Crippen LogP) is 4.66. The Balaban J connectivity index is 1.70. The van der Waals surface area contributed by atoms with Crippen LogP contribution in [0, 0.1) is 10.1 Å². The van der Waals surface area contributed by atoms with Gasteiger partial charge in [0.25, 0.3) is 11.2 Å². The van der Waals surface area contributed by atoms with Gasteiger partial charge in [-0.1, -0.05) is 27.3 Å². The Morgan fingerprint density at radius 3 is 2.59 bits per heavy atom. The Labute approximate surface area is 246 Å². The molecule has 10 nitrogen and oxygen atoms in total. The number of nitrogens with zero attached hydrogens (tertiary/aromatic N) is 4. The predicted molar refractivity (Wildman–Crippen MR) is 158 cm³/mol. The molecule has 5 rings (SSSR count). The average molecular weight is 638 g/mol. The number of nitro benzene ring substituents is 1. The second-order valence-electron chi connectivity index (χ2n) is 9.50. The van der Waals surface area contributed by atoms with Crippen LogP contribution in [0.25, 0.3) is 11.8 Å². The van der Waals surface area contributed by atoms with Crippen LogP contribution in [0.3, 0.4) is 0 Å². The molecule has 0 fully saturated rings. The lowest BCUT2D eigenvalue weighted by atomic mass is 9.95. The molecule has 0 radical (unpaired) electrons. The number of rotatable bonds is 7. The van der Waals surface area contributed by atoms with Gasteiger partial charge < -0.3 is 14.0 Å². The number of allylic oxidation sites excluding steroid dienone is 1. The highest BCUT2D eigenvalue weighted by Crippen LogP contribution is 2.37. The van der Waals surface area contributed by atoms with E-state index in [1.165, 1.54) is 35.1 Å². The number of methoxy groups -OCH3 is 1. The lowest BCUT2D eigenvalue weighted by Gasteiger charge is -2.26. The van der Waals surface area contributed by atoms with Crippen molar-refractivity contribution in [3.8, 4) is 11.4 Å². The van der Waals surface area contributed by atoms with Gasteiger partial charge in [-0.05, 0) is 69.3 Å². The number of carbonyl (C=O) groups excluding carboxylic acids is 1. The molecular weight excluding hydrogens is 612 g/mol. The summed E-state index contributed by atoms with van der Waals surface area (Å²) in [5, 5.41) is 11.1.